The summed E-state index contributed by atoms with van der Waals surface area (Å²) in [5, 5.41) is 3.32. The number of aromatic nitrogens is 3. The number of anilines is 2. The van der Waals surface area contributed by atoms with Crippen LogP contribution in [-0.4, -0.2) is 57.7 Å². The van der Waals surface area contributed by atoms with Crippen LogP contribution in [0.5, 0.6) is 5.75 Å². The molecule has 228 valence electrons. The van der Waals surface area contributed by atoms with Crippen molar-refractivity contribution < 1.29 is 27.4 Å². The first-order chi connectivity index (χ1) is 16.7. The molecule has 2 aromatic heterocycles. The molecule has 8 nitrogen and oxygen atoms in total. The fraction of sp³-hybridized carbons (Fsp3) is 0.630. The van der Waals surface area contributed by atoms with E-state index >= 15 is 0 Å². The SMILES string of the molecule is C.C.Cc1nc(NC2CC(Oc3ccc(C(F)(F)F)nc3)C2)nc2c1CC(=O)C([C@H](C)OC(C)(C)C)N2C.S.S. The molecule has 1 fully saturated rings. The van der Waals surface area contributed by atoms with Crippen LogP contribution in [0.2, 0.25) is 0 Å². The van der Waals surface area contributed by atoms with Gasteiger partial charge in [0.05, 0.1) is 17.9 Å². The molecule has 1 N–H and O–H groups in total. The first-order valence-electron chi connectivity index (χ1n) is 12.0. The predicted octanol–water partition coefficient (Wildman–Crippen LogP) is 5.85. The number of rotatable bonds is 6. The van der Waals surface area contributed by atoms with Gasteiger partial charge in [0.25, 0.3) is 0 Å². The van der Waals surface area contributed by atoms with Crippen LogP contribution >= 0.6 is 27.0 Å². The van der Waals surface area contributed by atoms with Crippen LogP contribution in [0.4, 0.5) is 24.9 Å². The molecular weight excluding hydrogens is 563 g/mol. The second kappa shape index (κ2) is 14.1. The van der Waals surface area contributed by atoms with Crippen LogP contribution in [0.25, 0.3) is 0 Å². The topological polar surface area (TPSA) is 89.5 Å². The molecular formula is C27H44F3N5O3S2. The van der Waals surface area contributed by atoms with E-state index in [-0.39, 0.29) is 77.9 Å². The lowest BCUT2D eigenvalue weighted by atomic mass is 9.89. The number of nitrogens with one attached hydrogen (secondary N) is 1. The van der Waals surface area contributed by atoms with Gasteiger partial charge in [-0.15, -0.1) is 0 Å². The molecule has 0 spiro atoms. The molecule has 1 saturated carbocycles. The van der Waals surface area contributed by atoms with Crippen molar-refractivity contribution in [2.45, 2.75) is 105 Å². The molecule has 0 aromatic carbocycles. The van der Waals surface area contributed by atoms with Crippen molar-refractivity contribution in [1.82, 2.24) is 15.0 Å². The van der Waals surface area contributed by atoms with Gasteiger partial charge in [-0.1, -0.05) is 14.9 Å². The second-order valence-corrected chi connectivity index (χ2v) is 10.5. The van der Waals surface area contributed by atoms with Gasteiger partial charge in [-0.25, -0.2) is 9.97 Å². The fourth-order valence-electron chi connectivity index (χ4n) is 4.74. The summed E-state index contributed by atoms with van der Waals surface area (Å²) >= 11 is 0. The highest BCUT2D eigenvalue weighted by Gasteiger charge is 2.39. The van der Waals surface area contributed by atoms with Crippen LogP contribution in [-0.2, 0) is 22.1 Å². The van der Waals surface area contributed by atoms with Crippen molar-refractivity contribution >= 4 is 44.5 Å². The van der Waals surface area contributed by atoms with E-state index in [9.17, 15) is 18.0 Å². The van der Waals surface area contributed by atoms with Crippen molar-refractivity contribution in [2.75, 3.05) is 17.3 Å². The molecule has 0 radical (unpaired) electrons. The number of nitrogens with zero attached hydrogens (tertiary/aromatic N) is 4. The molecule has 40 heavy (non-hydrogen) atoms. The largest absolute Gasteiger partial charge is 0.489 e. The normalized spacial score (nSPS) is 20.8. The highest BCUT2D eigenvalue weighted by molar-refractivity contribution is 7.59. The smallest absolute Gasteiger partial charge is 0.433 e. The molecule has 2 aliphatic rings. The maximum absolute atomic E-state index is 13.0. The number of alkyl halides is 3. The van der Waals surface area contributed by atoms with Crippen molar-refractivity contribution in [3.8, 4) is 5.75 Å². The zero-order valence-corrected chi connectivity index (χ0v) is 24.3. The summed E-state index contributed by atoms with van der Waals surface area (Å²) < 4.78 is 49.8. The van der Waals surface area contributed by atoms with Crippen molar-refractivity contribution in [3.63, 3.8) is 0 Å². The number of fused-ring (bicyclic) bond motifs is 1. The minimum absolute atomic E-state index is 0. The zero-order valence-electron chi connectivity index (χ0n) is 22.3. The number of halogens is 3. The lowest BCUT2D eigenvalue weighted by molar-refractivity contribution is -0.141. The molecule has 2 aromatic rings. The summed E-state index contributed by atoms with van der Waals surface area (Å²) in [5.74, 6) is 1.55. The van der Waals surface area contributed by atoms with E-state index in [4.69, 9.17) is 14.5 Å². The summed E-state index contributed by atoms with van der Waals surface area (Å²) in [6, 6.07) is 1.81. The van der Waals surface area contributed by atoms with E-state index in [0.29, 0.717) is 30.4 Å². The minimum Gasteiger partial charge on any atom is -0.489 e. The van der Waals surface area contributed by atoms with Crippen LogP contribution in [0.1, 0.15) is 72.3 Å². The maximum atomic E-state index is 13.0. The van der Waals surface area contributed by atoms with E-state index in [1.165, 1.54) is 6.07 Å². The molecule has 1 unspecified atom stereocenters. The van der Waals surface area contributed by atoms with Crippen molar-refractivity contribution in [1.29, 1.82) is 0 Å². The number of ketones is 1. The number of aryl methyl sites for hydroxylation is 1. The number of pyridine rings is 1. The summed E-state index contributed by atoms with van der Waals surface area (Å²) in [6.07, 6.45) is -2.28. The average Bonchev–Trinajstić information content (AvgIpc) is 2.71. The molecule has 0 bridgehead atoms. The van der Waals surface area contributed by atoms with Crippen molar-refractivity contribution in [3.05, 3.63) is 35.3 Å². The van der Waals surface area contributed by atoms with Crippen LogP contribution in [0.15, 0.2) is 18.3 Å². The van der Waals surface area contributed by atoms with E-state index in [0.717, 1.165) is 23.5 Å². The zero-order chi connectivity index (χ0) is 26.4. The van der Waals surface area contributed by atoms with E-state index < -0.39 is 17.9 Å². The number of Topliss-reactive ketones (excluding diaryl/α,β-unsaturated/α-hetero) is 1. The third-order valence-electron chi connectivity index (χ3n) is 6.37. The van der Waals surface area contributed by atoms with Gasteiger partial charge in [0.2, 0.25) is 5.95 Å². The number of carbonyl (C=O) groups is 1. The Labute approximate surface area is 249 Å². The number of hydrogen-bond acceptors (Lipinski definition) is 8. The maximum Gasteiger partial charge on any atom is 0.433 e. The third kappa shape index (κ3) is 8.62. The van der Waals surface area contributed by atoms with E-state index in [1.807, 2.05) is 46.6 Å². The number of hydrogen-bond donors (Lipinski definition) is 1. The summed E-state index contributed by atoms with van der Waals surface area (Å²) in [5.41, 5.74) is 0.232. The van der Waals surface area contributed by atoms with Crippen LogP contribution in [0.3, 0.4) is 0 Å². The highest BCUT2D eigenvalue weighted by atomic mass is 32.1. The lowest BCUT2D eigenvalue weighted by Gasteiger charge is -2.40. The second-order valence-electron chi connectivity index (χ2n) is 10.5. The lowest BCUT2D eigenvalue weighted by Crippen LogP contribution is -2.53. The Morgan fingerprint density at radius 2 is 1.73 bits per heavy atom. The Kier molecular flexibility index (Phi) is 13.3. The molecule has 4 rings (SSSR count). The number of carbonyl (C=O) groups excluding carboxylic acids is 1. The first kappa shape index (κ1) is 37.8. The Bertz CT molecular complexity index is 1120. The first-order valence-corrected chi connectivity index (χ1v) is 12.0. The average molecular weight is 608 g/mol. The van der Waals surface area contributed by atoms with Crippen LogP contribution < -0.4 is 15.0 Å². The van der Waals surface area contributed by atoms with Gasteiger partial charge in [0, 0.05) is 43.6 Å². The predicted molar refractivity (Wildman–Crippen MR) is 162 cm³/mol. The summed E-state index contributed by atoms with van der Waals surface area (Å²) in [6.45, 7) is 9.66. The van der Waals surface area contributed by atoms with Gasteiger partial charge >= 0.3 is 6.18 Å². The van der Waals surface area contributed by atoms with Gasteiger partial charge in [0.1, 0.15) is 29.4 Å². The molecule has 2 atom stereocenters. The number of ether oxygens (including phenoxy) is 2. The Hall–Kier alpha value is -2.25. The van der Waals surface area contributed by atoms with Crippen molar-refractivity contribution in [2.24, 2.45) is 0 Å². The van der Waals surface area contributed by atoms with Gasteiger partial charge < -0.3 is 19.7 Å². The third-order valence-corrected chi connectivity index (χ3v) is 6.37. The van der Waals surface area contributed by atoms with Gasteiger partial charge in [-0.2, -0.15) is 45.1 Å². The van der Waals surface area contributed by atoms with Gasteiger partial charge in [-0.3, -0.25) is 4.79 Å². The van der Waals surface area contributed by atoms with Crippen LogP contribution in [0, 0.1) is 6.92 Å². The minimum atomic E-state index is -4.48. The van der Waals surface area contributed by atoms with E-state index in [2.05, 4.69) is 15.3 Å². The Morgan fingerprint density at radius 1 is 1.10 bits per heavy atom. The molecule has 13 heteroatoms. The monoisotopic (exact) mass is 607 g/mol. The standard InChI is InChI=1S/C25H32F3N5O3.2CH4.2H2S/c1-13-18-11-19(34)21(14(2)36-24(3,4)5)33(6)22(18)32-23(30-13)31-15-9-17(10-15)35-16-7-8-20(29-12-16)25(26,27)28;;;;/h7-8,12,14-15,17,21H,9-11H2,1-6H3,(H,30,31,32);2*1H4;2*1H2/t14-,15?,17?,21?;;;;/m0..../s1. The Balaban J connectivity index is 0.00000380. The Morgan fingerprint density at radius 3 is 2.25 bits per heavy atom. The van der Waals surface area contributed by atoms with Gasteiger partial charge in [0.15, 0.2) is 5.78 Å². The van der Waals surface area contributed by atoms with E-state index in [1.54, 1.807) is 0 Å². The molecule has 3 heterocycles. The molecule has 1 aliphatic carbocycles. The molecule has 0 amide bonds. The summed E-state index contributed by atoms with van der Waals surface area (Å²) in [7, 11) is 1.85. The molecule has 1 aliphatic heterocycles. The fourth-order valence-corrected chi connectivity index (χ4v) is 4.74. The van der Waals surface area contributed by atoms with Gasteiger partial charge in [-0.05, 0) is 46.8 Å². The highest BCUT2D eigenvalue weighted by Crippen LogP contribution is 2.34. The quantitative estimate of drug-likeness (QED) is 0.438. The molecule has 0 saturated heterocycles. The number of likely N-dealkylation sites (N-methyl/N-ethyl adjacent to an activating group) is 1. The summed E-state index contributed by atoms with van der Waals surface area (Å²) in [4.78, 5) is 27.5.